The maximum absolute atomic E-state index is 9.85. The highest BCUT2D eigenvalue weighted by Crippen LogP contribution is 2.00. The van der Waals surface area contributed by atoms with Crippen molar-refractivity contribution in [2.24, 2.45) is 0 Å². The largest absolute Gasteiger partial charge is 0.480 e. The molecule has 48 valence electrons. The SMILES string of the molecule is C[C@H](O)[C@@H](Cl)C(=O)O. The van der Waals surface area contributed by atoms with E-state index in [1.807, 2.05) is 0 Å². The molecule has 4 heteroatoms. The number of hydrogen-bond donors (Lipinski definition) is 2. The maximum atomic E-state index is 9.85. The van der Waals surface area contributed by atoms with Gasteiger partial charge in [0.2, 0.25) is 0 Å². The lowest BCUT2D eigenvalue weighted by atomic mass is 10.3. The first-order valence-corrected chi connectivity index (χ1v) is 2.54. The quantitative estimate of drug-likeness (QED) is 0.531. The van der Waals surface area contributed by atoms with Gasteiger partial charge >= 0.3 is 5.97 Å². The number of alkyl halides is 1. The number of aliphatic carboxylic acids is 1. The zero-order valence-electron chi connectivity index (χ0n) is 4.34. The smallest absolute Gasteiger partial charge is 0.324 e. The number of carboxylic acids is 1. The lowest BCUT2D eigenvalue weighted by Gasteiger charge is -2.04. The highest BCUT2D eigenvalue weighted by atomic mass is 35.5. The topological polar surface area (TPSA) is 57.5 Å². The summed E-state index contributed by atoms with van der Waals surface area (Å²) in [6, 6.07) is 0. The van der Waals surface area contributed by atoms with Crippen LogP contribution in [0.5, 0.6) is 0 Å². The fourth-order valence-electron chi connectivity index (χ4n) is 0.206. The summed E-state index contributed by atoms with van der Waals surface area (Å²) in [7, 11) is 0. The van der Waals surface area contributed by atoms with Gasteiger partial charge in [-0.25, -0.2) is 0 Å². The summed E-state index contributed by atoms with van der Waals surface area (Å²) in [6.45, 7) is 1.33. The van der Waals surface area contributed by atoms with E-state index in [4.69, 9.17) is 21.8 Å². The molecular weight excluding hydrogens is 131 g/mol. The van der Waals surface area contributed by atoms with E-state index in [0.29, 0.717) is 0 Å². The zero-order valence-corrected chi connectivity index (χ0v) is 5.09. The summed E-state index contributed by atoms with van der Waals surface area (Å²) in [4.78, 5) is 9.85. The van der Waals surface area contributed by atoms with Crippen LogP contribution in [-0.4, -0.2) is 27.7 Å². The van der Waals surface area contributed by atoms with Crippen molar-refractivity contribution in [1.82, 2.24) is 0 Å². The number of aliphatic hydroxyl groups excluding tert-OH is 1. The van der Waals surface area contributed by atoms with Crippen molar-refractivity contribution in [1.29, 1.82) is 0 Å². The molecule has 0 rings (SSSR count). The normalized spacial score (nSPS) is 17.4. The summed E-state index contributed by atoms with van der Waals surface area (Å²) < 4.78 is 0. The molecule has 0 amide bonds. The molecule has 2 atom stereocenters. The van der Waals surface area contributed by atoms with Gasteiger partial charge in [-0.05, 0) is 6.92 Å². The third-order valence-electron chi connectivity index (χ3n) is 0.659. The van der Waals surface area contributed by atoms with E-state index in [1.54, 1.807) is 0 Å². The van der Waals surface area contributed by atoms with Crippen LogP contribution in [0.4, 0.5) is 0 Å². The summed E-state index contributed by atoms with van der Waals surface area (Å²) in [5, 5.41) is 15.4. The minimum atomic E-state index is -1.19. The Kier molecular flexibility index (Phi) is 2.79. The van der Waals surface area contributed by atoms with Crippen molar-refractivity contribution in [3.05, 3.63) is 0 Å². The number of rotatable bonds is 2. The van der Waals surface area contributed by atoms with Gasteiger partial charge in [0.25, 0.3) is 0 Å². The van der Waals surface area contributed by atoms with Gasteiger partial charge in [0.15, 0.2) is 5.38 Å². The molecule has 0 aliphatic rings. The Morgan fingerprint density at radius 1 is 1.75 bits per heavy atom. The van der Waals surface area contributed by atoms with E-state index in [0.717, 1.165) is 0 Å². The average Bonchev–Trinajstić information content (AvgIpc) is 1.64. The van der Waals surface area contributed by atoms with Crippen LogP contribution in [0.1, 0.15) is 6.92 Å². The molecule has 0 saturated heterocycles. The second kappa shape index (κ2) is 2.89. The van der Waals surface area contributed by atoms with Crippen molar-refractivity contribution in [3.8, 4) is 0 Å². The number of carboxylic acid groups (broad SMARTS) is 1. The molecule has 0 radical (unpaired) electrons. The number of hydrogen-bond acceptors (Lipinski definition) is 2. The molecule has 0 aliphatic heterocycles. The van der Waals surface area contributed by atoms with Crippen molar-refractivity contribution in [3.63, 3.8) is 0 Å². The van der Waals surface area contributed by atoms with E-state index in [-0.39, 0.29) is 0 Å². The Morgan fingerprint density at radius 3 is 2.12 bits per heavy atom. The van der Waals surface area contributed by atoms with E-state index in [1.165, 1.54) is 6.92 Å². The summed E-state index contributed by atoms with van der Waals surface area (Å²) in [5.41, 5.74) is 0. The minimum Gasteiger partial charge on any atom is -0.480 e. The lowest BCUT2D eigenvalue weighted by Crippen LogP contribution is -2.25. The van der Waals surface area contributed by atoms with Gasteiger partial charge < -0.3 is 10.2 Å². The Bertz CT molecular complexity index is 91.3. The van der Waals surface area contributed by atoms with Gasteiger partial charge in [0.1, 0.15) is 0 Å². The minimum absolute atomic E-state index is 0.992. The molecule has 0 saturated carbocycles. The van der Waals surface area contributed by atoms with E-state index in [2.05, 4.69) is 0 Å². The van der Waals surface area contributed by atoms with Gasteiger partial charge in [-0.1, -0.05) is 0 Å². The molecule has 2 N–H and O–H groups in total. The second-order valence-electron chi connectivity index (χ2n) is 1.48. The fourth-order valence-corrected chi connectivity index (χ4v) is 0.206. The van der Waals surface area contributed by atoms with Crippen molar-refractivity contribution in [2.45, 2.75) is 18.4 Å². The molecule has 0 fully saturated rings. The van der Waals surface area contributed by atoms with Crippen LogP contribution < -0.4 is 0 Å². The molecule has 0 aromatic rings. The van der Waals surface area contributed by atoms with Gasteiger partial charge in [-0.3, -0.25) is 4.79 Å². The standard InChI is InChI=1S/C4H7ClO3/c1-2(6)3(5)4(7)8/h2-3,6H,1H3,(H,7,8)/t2-,3+/m0/s1. The molecule has 0 aromatic carbocycles. The van der Waals surface area contributed by atoms with Gasteiger partial charge in [-0.15, -0.1) is 11.6 Å². The molecule has 8 heavy (non-hydrogen) atoms. The fraction of sp³-hybridized carbons (Fsp3) is 0.750. The van der Waals surface area contributed by atoms with Gasteiger partial charge in [0.05, 0.1) is 6.10 Å². The molecule has 0 heterocycles. The second-order valence-corrected chi connectivity index (χ2v) is 1.95. The monoisotopic (exact) mass is 138 g/mol. The molecule has 0 spiro atoms. The van der Waals surface area contributed by atoms with E-state index in [9.17, 15) is 4.79 Å². The van der Waals surface area contributed by atoms with Crippen LogP contribution in [0.3, 0.4) is 0 Å². The molecule has 0 aromatic heterocycles. The van der Waals surface area contributed by atoms with Gasteiger partial charge in [-0.2, -0.15) is 0 Å². The zero-order chi connectivity index (χ0) is 6.73. The third-order valence-corrected chi connectivity index (χ3v) is 1.21. The van der Waals surface area contributed by atoms with Crippen LogP contribution in [-0.2, 0) is 4.79 Å². The van der Waals surface area contributed by atoms with Gasteiger partial charge in [0, 0.05) is 0 Å². The van der Waals surface area contributed by atoms with Crippen LogP contribution in [0, 0.1) is 0 Å². The Labute approximate surface area is 51.9 Å². The number of halogens is 1. The van der Waals surface area contributed by atoms with Crippen LogP contribution >= 0.6 is 11.6 Å². The molecule has 0 aliphatic carbocycles. The molecule has 3 nitrogen and oxygen atoms in total. The predicted octanol–water partition coefficient (Wildman–Crippen LogP) is 0.0592. The number of carbonyl (C=O) groups is 1. The Hall–Kier alpha value is -0.280. The Balaban J connectivity index is 3.64. The van der Waals surface area contributed by atoms with Crippen molar-refractivity contribution < 1.29 is 15.0 Å². The number of aliphatic hydroxyl groups is 1. The van der Waals surface area contributed by atoms with Crippen LogP contribution in [0.2, 0.25) is 0 Å². The molecule has 0 bridgehead atoms. The molecular formula is C4H7ClO3. The first-order chi connectivity index (χ1) is 3.55. The average molecular weight is 139 g/mol. The Morgan fingerprint density at radius 2 is 2.12 bits per heavy atom. The van der Waals surface area contributed by atoms with E-state index >= 15 is 0 Å². The van der Waals surface area contributed by atoms with E-state index < -0.39 is 17.5 Å². The first kappa shape index (κ1) is 7.72. The van der Waals surface area contributed by atoms with Crippen LogP contribution in [0.15, 0.2) is 0 Å². The summed E-state index contributed by atoms with van der Waals surface area (Å²) >= 11 is 5.10. The molecule has 0 unspecified atom stereocenters. The summed E-state index contributed by atoms with van der Waals surface area (Å²) in [5.74, 6) is -1.19. The van der Waals surface area contributed by atoms with Crippen molar-refractivity contribution >= 4 is 17.6 Å². The third kappa shape index (κ3) is 2.14. The maximum Gasteiger partial charge on any atom is 0.324 e. The summed E-state index contributed by atoms with van der Waals surface area (Å²) in [6.07, 6.45) is -0.992. The highest BCUT2D eigenvalue weighted by molar-refractivity contribution is 6.30. The van der Waals surface area contributed by atoms with Crippen molar-refractivity contribution in [2.75, 3.05) is 0 Å². The predicted molar refractivity (Wildman–Crippen MR) is 29.0 cm³/mol. The lowest BCUT2D eigenvalue weighted by molar-refractivity contribution is -0.138. The van der Waals surface area contributed by atoms with Crippen LogP contribution in [0.25, 0.3) is 0 Å². The first-order valence-electron chi connectivity index (χ1n) is 2.10. The highest BCUT2D eigenvalue weighted by Gasteiger charge is 2.18.